The average molecular weight is 330 g/mol. The summed E-state index contributed by atoms with van der Waals surface area (Å²) in [5.41, 5.74) is 2.52. The molecule has 1 unspecified atom stereocenters. The first-order valence-corrected chi connectivity index (χ1v) is 8.11. The van der Waals surface area contributed by atoms with E-state index in [1.165, 1.54) is 0 Å². The maximum atomic E-state index is 12.4. The molecule has 3 aromatic rings. The minimum absolute atomic E-state index is 0.0711. The minimum atomic E-state index is -0.407. The van der Waals surface area contributed by atoms with Crippen molar-refractivity contribution in [2.45, 2.75) is 13.0 Å². The molecule has 0 aliphatic rings. The van der Waals surface area contributed by atoms with Crippen LogP contribution in [-0.2, 0) is 4.74 Å². The van der Waals surface area contributed by atoms with Gasteiger partial charge in [0.15, 0.2) is 5.78 Å². The van der Waals surface area contributed by atoms with Gasteiger partial charge >= 0.3 is 5.97 Å². The van der Waals surface area contributed by atoms with E-state index < -0.39 is 5.97 Å². The average Bonchev–Trinajstić information content (AvgIpc) is 2.69. The van der Waals surface area contributed by atoms with Crippen molar-refractivity contribution in [3.8, 4) is 0 Å². The number of esters is 1. The van der Waals surface area contributed by atoms with Gasteiger partial charge in [-0.25, -0.2) is 4.79 Å². The van der Waals surface area contributed by atoms with Gasteiger partial charge in [-0.15, -0.1) is 0 Å². The molecule has 0 amide bonds. The lowest BCUT2D eigenvalue weighted by atomic mass is 10.0. The van der Waals surface area contributed by atoms with Crippen molar-refractivity contribution in [3.63, 3.8) is 0 Å². The zero-order valence-corrected chi connectivity index (χ0v) is 13.9. The predicted molar refractivity (Wildman–Crippen MR) is 96.6 cm³/mol. The van der Waals surface area contributed by atoms with Crippen LogP contribution in [0.4, 0.5) is 0 Å². The molecule has 0 spiro atoms. The van der Waals surface area contributed by atoms with Gasteiger partial charge in [0.1, 0.15) is 6.10 Å². The summed E-state index contributed by atoms with van der Waals surface area (Å²) in [5.74, 6) is -0.478. The van der Waals surface area contributed by atoms with Crippen LogP contribution in [0.2, 0.25) is 0 Å². The van der Waals surface area contributed by atoms with Crippen molar-refractivity contribution in [2.24, 2.45) is 0 Å². The molecule has 3 nitrogen and oxygen atoms in total. The number of rotatable bonds is 5. The van der Waals surface area contributed by atoms with Crippen LogP contribution < -0.4 is 0 Å². The summed E-state index contributed by atoms with van der Waals surface area (Å²) < 4.78 is 5.48. The van der Waals surface area contributed by atoms with Gasteiger partial charge in [0.05, 0.1) is 5.56 Å². The summed E-state index contributed by atoms with van der Waals surface area (Å²) in [6.45, 7) is 1.83. The molecular weight excluding hydrogens is 312 g/mol. The number of benzene rings is 3. The van der Waals surface area contributed by atoms with E-state index >= 15 is 0 Å². The van der Waals surface area contributed by atoms with Crippen molar-refractivity contribution in [3.05, 3.63) is 107 Å². The van der Waals surface area contributed by atoms with Crippen LogP contribution in [0, 0.1) is 0 Å². The van der Waals surface area contributed by atoms with Gasteiger partial charge in [-0.1, -0.05) is 72.8 Å². The number of carbonyl (C=O) groups excluding carboxylic acids is 2. The summed E-state index contributed by atoms with van der Waals surface area (Å²) in [6.07, 6.45) is -0.334. The van der Waals surface area contributed by atoms with E-state index in [1.807, 2.05) is 55.5 Å². The van der Waals surface area contributed by atoms with E-state index in [-0.39, 0.29) is 11.9 Å². The Labute approximate surface area is 146 Å². The lowest BCUT2D eigenvalue weighted by Crippen LogP contribution is -2.09. The predicted octanol–water partition coefficient (Wildman–Crippen LogP) is 4.84. The SMILES string of the molecule is CC(OC(=O)c1ccc(C(=O)c2ccccc2)cc1)c1ccccc1. The van der Waals surface area contributed by atoms with E-state index in [0.717, 1.165) is 5.56 Å². The van der Waals surface area contributed by atoms with Crippen molar-refractivity contribution >= 4 is 11.8 Å². The number of ether oxygens (including phenoxy) is 1. The Bertz CT molecular complexity index is 853. The molecule has 3 rings (SSSR count). The van der Waals surface area contributed by atoms with Crippen LogP contribution in [0.3, 0.4) is 0 Å². The zero-order chi connectivity index (χ0) is 17.6. The quantitative estimate of drug-likeness (QED) is 0.497. The molecule has 0 saturated carbocycles. The normalized spacial score (nSPS) is 11.6. The molecule has 0 aromatic heterocycles. The zero-order valence-electron chi connectivity index (χ0n) is 13.9. The van der Waals surface area contributed by atoms with Crippen LogP contribution in [0.5, 0.6) is 0 Å². The molecule has 3 heteroatoms. The minimum Gasteiger partial charge on any atom is -0.454 e. The molecule has 0 saturated heterocycles. The standard InChI is InChI=1S/C22H18O3/c1-16(17-8-4-2-5-9-17)25-22(24)20-14-12-19(13-15-20)21(23)18-10-6-3-7-11-18/h2-16H,1H3. The van der Waals surface area contributed by atoms with Gasteiger partial charge < -0.3 is 4.74 Å². The molecule has 0 bridgehead atoms. The summed E-state index contributed by atoms with van der Waals surface area (Å²) in [6, 6.07) is 25.2. The molecule has 0 fully saturated rings. The van der Waals surface area contributed by atoms with Crippen molar-refractivity contribution in [1.82, 2.24) is 0 Å². The van der Waals surface area contributed by atoms with Crippen molar-refractivity contribution < 1.29 is 14.3 Å². The smallest absolute Gasteiger partial charge is 0.338 e. The van der Waals surface area contributed by atoms with Gasteiger partial charge in [0, 0.05) is 11.1 Å². The Hall–Kier alpha value is -3.20. The van der Waals surface area contributed by atoms with E-state index in [9.17, 15) is 9.59 Å². The second kappa shape index (κ2) is 7.58. The lowest BCUT2D eigenvalue weighted by Gasteiger charge is -2.13. The fourth-order valence-corrected chi connectivity index (χ4v) is 2.53. The third kappa shape index (κ3) is 4.01. The largest absolute Gasteiger partial charge is 0.454 e. The van der Waals surface area contributed by atoms with Crippen molar-refractivity contribution in [2.75, 3.05) is 0 Å². The molecule has 0 radical (unpaired) electrons. The topological polar surface area (TPSA) is 43.4 Å². The molecule has 3 aromatic carbocycles. The fourth-order valence-electron chi connectivity index (χ4n) is 2.53. The Morgan fingerprint density at radius 3 is 1.76 bits per heavy atom. The van der Waals surface area contributed by atoms with E-state index in [0.29, 0.717) is 16.7 Å². The highest BCUT2D eigenvalue weighted by atomic mass is 16.5. The second-order valence-corrected chi connectivity index (χ2v) is 5.73. The monoisotopic (exact) mass is 330 g/mol. The molecule has 0 N–H and O–H groups in total. The molecule has 0 aliphatic heterocycles. The summed E-state index contributed by atoms with van der Waals surface area (Å²) in [7, 11) is 0. The molecule has 0 aliphatic carbocycles. The molecule has 0 heterocycles. The van der Waals surface area contributed by atoms with Crippen LogP contribution in [0.1, 0.15) is 44.9 Å². The Balaban J connectivity index is 1.70. The van der Waals surface area contributed by atoms with Gasteiger partial charge in [-0.3, -0.25) is 4.79 Å². The van der Waals surface area contributed by atoms with Gasteiger partial charge in [0.25, 0.3) is 0 Å². The first-order chi connectivity index (χ1) is 12.1. The van der Waals surface area contributed by atoms with E-state index in [2.05, 4.69) is 0 Å². The molecule has 1 atom stereocenters. The summed E-state index contributed by atoms with van der Waals surface area (Å²) in [5, 5.41) is 0. The van der Waals surface area contributed by atoms with E-state index in [1.54, 1.807) is 36.4 Å². The molecular formula is C22H18O3. The number of hydrogen-bond donors (Lipinski definition) is 0. The highest BCUT2D eigenvalue weighted by Gasteiger charge is 2.15. The first-order valence-electron chi connectivity index (χ1n) is 8.11. The Morgan fingerprint density at radius 2 is 1.16 bits per heavy atom. The second-order valence-electron chi connectivity index (χ2n) is 5.73. The van der Waals surface area contributed by atoms with Crippen molar-refractivity contribution in [1.29, 1.82) is 0 Å². The molecule has 25 heavy (non-hydrogen) atoms. The Morgan fingerprint density at radius 1 is 0.680 bits per heavy atom. The number of ketones is 1. The number of carbonyl (C=O) groups is 2. The first kappa shape index (κ1) is 16.7. The third-order valence-corrected chi connectivity index (χ3v) is 3.97. The summed E-state index contributed by atoms with van der Waals surface area (Å²) in [4.78, 5) is 24.6. The highest BCUT2D eigenvalue weighted by molar-refractivity contribution is 6.09. The third-order valence-electron chi connectivity index (χ3n) is 3.97. The fraction of sp³-hybridized carbons (Fsp3) is 0.0909. The summed E-state index contributed by atoms with van der Waals surface area (Å²) >= 11 is 0. The molecule has 124 valence electrons. The van der Waals surface area contributed by atoms with Gasteiger partial charge in [-0.05, 0) is 24.6 Å². The number of hydrogen-bond acceptors (Lipinski definition) is 3. The lowest BCUT2D eigenvalue weighted by molar-refractivity contribution is 0.0337. The Kier molecular flexibility index (Phi) is 5.05. The van der Waals surface area contributed by atoms with Crippen LogP contribution in [-0.4, -0.2) is 11.8 Å². The maximum absolute atomic E-state index is 12.4. The van der Waals surface area contributed by atoms with Gasteiger partial charge in [0.2, 0.25) is 0 Å². The van der Waals surface area contributed by atoms with Gasteiger partial charge in [-0.2, -0.15) is 0 Å². The highest BCUT2D eigenvalue weighted by Crippen LogP contribution is 2.19. The van der Waals surface area contributed by atoms with Crippen LogP contribution in [0.25, 0.3) is 0 Å². The van der Waals surface area contributed by atoms with Crippen LogP contribution >= 0.6 is 0 Å². The van der Waals surface area contributed by atoms with E-state index in [4.69, 9.17) is 4.74 Å². The van der Waals surface area contributed by atoms with Crippen LogP contribution in [0.15, 0.2) is 84.9 Å². The maximum Gasteiger partial charge on any atom is 0.338 e.